The minimum absolute atomic E-state index is 0.188. The van der Waals surface area contributed by atoms with Crippen molar-refractivity contribution in [3.8, 4) is 17.0 Å². The first-order chi connectivity index (χ1) is 15.4. The summed E-state index contributed by atoms with van der Waals surface area (Å²) >= 11 is 0. The summed E-state index contributed by atoms with van der Waals surface area (Å²) in [5.41, 5.74) is 6.79. The summed E-state index contributed by atoms with van der Waals surface area (Å²) in [5, 5.41) is 4.42. The van der Waals surface area contributed by atoms with Crippen molar-refractivity contribution in [3.63, 3.8) is 0 Å². The lowest BCUT2D eigenvalue weighted by molar-refractivity contribution is 0.415. The van der Waals surface area contributed by atoms with E-state index in [1.165, 1.54) is 5.56 Å². The third-order valence-corrected chi connectivity index (χ3v) is 5.79. The smallest absolute Gasteiger partial charge is 0.258 e. The Morgan fingerprint density at radius 2 is 1.84 bits per heavy atom. The number of ether oxygens (including phenoxy) is 1. The monoisotopic (exact) mass is 424 g/mol. The number of nitrogens with one attached hydrogen (secondary N) is 2. The number of pyridine rings is 2. The fraction of sp³-hybridized carbons (Fsp3) is 0.154. The van der Waals surface area contributed by atoms with Crippen LogP contribution < -0.4 is 15.6 Å². The topological polar surface area (TPSA) is 71.4 Å². The predicted octanol–water partition coefficient (Wildman–Crippen LogP) is 5.52. The van der Waals surface area contributed by atoms with Crippen LogP contribution in [0.5, 0.6) is 5.75 Å². The molecule has 0 bridgehead atoms. The maximum Gasteiger partial charge on any atom is 0.258 e. The van der Waals surface area contributed by atoms with E-state index in [2.05, 4.69) is 42.3 Å². The third-order valence-electron chi connectivity index (χ3n) is 5.79. The lowest BCUT2D eigenvalue weighted by Crippen LogP contribution is -2.10. The van der Waals surface area contributed by atoms with E-state index in [0.717, 1.165) is 44.9 Å². The number of anilines is 2. The number of hydrogen-bond acceptors (Lipinski definition) is 4. The molecule has 0 spiro atoms. The van der Waals surface area contributed by atoms with E-state index in [1.807, 2.05) is 53.9 Å². The summed E-state index contributed by atoms with van der Waals surface area (Å²) in [6.45, 7) is 6.16. The highest BCUT2D eigenvalue weighted by atomic mass is 16.5. The molecule has 0 atom stereocenters. The van der Waals surface area contributed by atoms with Gasteiger partial charge in [0.15, 0.2) is 0 Å². The summed E-state index contributed by atoms with van der Waals surface area (Å²) < 4.78 is 7.36. The average molecular weight is 425 g/mol. The zero-order valence-electron chi connectivity index (χ0n) is 18.5. The van der Waals surface area contributed by atoms with Gasteiger partial charge >= 0.3 is 0 Å². The zero-order chi connectivity index (χ0) is 22.4. The molecule has 160 valence electrons. The van der Waals surface area contributed by atoms with E-state index in [4.69, 9.17) is 9.72 Å². The number of H-pyrrole nitrogens is 1. The van der Waals surface area contributed by atoms with Crippen LogP contribution >= 0.6 is 0 Å². The number of methoxy groups -OCH3 is 1. The largest absolute Gasteiger partial charge is 0.497 e. The normalized spacial score (nSPS) is 11.2. The molecule has 0 aliphatic rings. The van der Waals surface area contributed by atoms with Gasteiger partial charge in [0.05, 0.1) is 12.7 Å². The molecule has 3 aromatic heterocycles. The van der Waals surface area contributed by atoms with Crippen molar-refractivity contribution in [1.29, 1.82) is 0 Å². The van der Waals surface area contributed by atoms with E-state index in [0.29, 0.717) is 11.3 Å². The van der Waals surface area contributed by atoms with Gasteiger partial charge in [-0.05, 0) is 68.3 Å². The van der Waals surface area contributed by atoms with Crippen LogP contribution in [0.25, 0.3) is 27.8 Å². The second-order valence-electron chi connectivity index (χ2n) is 8.10. The molecule has 6 nitrogen and oxygen atoms in total. The van der Waals surface area contributed by atoms with Gasteiger partial charge in [0, 0.05) is 22.8 Å². The number of imidazole rings is 1. The van der Waals surface area contributed by atoms with E-state index < -0.39 is 0 Å². The van der Waals surface area contributed by atoms with Crippen molar-refractivity contribution < 1.29 is 4.74 Å². The molecule has 32 heavy (non-hydrogen) atoms. The quantitative estimate of drug-likeness (QED) is 0.398. The van der Waals surface area contributed by atoms with Gasteiger partial charge in [0.2, 0.25) is 0 Å². The van der Waals surface area contributed by atoms with Crippen LogP contribution in [0, 0.1) is 20.8 Å². The van der Waals surface area contributed by atoms with Gasteiger partial charge in [-0.25, -0.2) is 4.98 Å². The lowest BCUT2D eigenvalue weighted by Gasteiger charge is -2.12. The van der Waals surface area contributed by atoms with E-state index in [-0.39, 0.29) is 5.56 Å². The number of rotatable bonds is 4. The Balaban J connectivity index is 1.77. The van der Waals surface area contributed by atoms with Crippen molar-refractivity contribution in [2.24, 2.45) is 0 Å². The van der Waals surface area contributed by atoms with Crippen LogP contribution in [0.2, 0.25) is 0 Å². The Bertz CT molecular complexity index is 1550. The van der Waals surface area contributed by atoms with Gasteiger partial charge in [-0.15, -0.1) is 0 Å². The van der Waals surface area contributed by atoms with Crippen LogP contribution in [-0.2, 0) is 0 Å². The summed E-state index contributed by atoms with van der Waals surface area (Å²) in [4.78, 5) is 21.0. The number of aromatic nitrogens is 3. The van der Waals surface area contributed by atoms with Crippen molar-refractivity contribution in [1.82, 2.24) is 14.4 Å². The molecule has 2 aromatic carbocycles. The van der Waals surface area contributed by atoms with Crippen LogP contribution in [0.15, 0.2) is 65.6 Å². The number of benzene rings is 2. The summed E-state index contributed by atoms with van der Waals surface area (Å²) in [6, 6.07) is 17.7. The zero-order valence-corrected chi connectivity index (χ0v) is 18.5. The Morgan fingerprint density at radius 1 is 1.00 bits per heavy atom. The van der Waals surface area contributed by atoms with Gasteiger partial charge in [0.1, 0.15) is 22.9 Å². The molecule has 0 radical (unpaired) electrons. The molecular formula is C26H24N4O2. The number of aryl methyl sites for hydroxylation is 3. The minimum atomic E-state index is -0.188. The van der Waals surface area contributed by atoms with Crippen LogP contribution in [0.3, 0.4) is 0 Å². The SMILES string of the molecule is COc1ccc2[nH]c(=O)c(-c3nc4c(C)cccn4c3Nc3ccc(C)cc3C)cc2c1. The summed E-state index contributed by atoms with van der Waals surface area (Å²) in [7, 11) is 1.63. The molecule has 5 aromatic rings. The first-order valence-electron chi connectivity index (χ1n) is 10.5. The fourth-order valence-electron chi connectivity index (χ4n) is 4.08. The van der Waals surface area contributed by atoms with Crippen molar-refractivity contribution in [2.45, 2.75) is 20.8 Å². The number of hydrogen-bond donors (Lipinski definition) is 2. The molecular weight excluding hydrogens is 400 g/mol. The standard InChI is InChI=1S/C26H24N4O2/c1-15-7-9-21(17(3)12-15)27-25-23(29-24-16(2)6-5-11-30(24)25)20-14-18-13-19(32-4)8-10-22(18)28-26(20)31/h5-14,27H,1-4H3,(H,28,31). The molecule has 0 aliphatic carbocycles. The van der Waals surface area contributed by atoms with Gasteiger partial charge < -0.3 is 15.0 Å². The first kappa shape index (κ1) is 19.9. The number of fused-ring (bicyclic) bond motifs is 2. The highest BCUT2D eigenvalue weighted by molar-refractivity contribution is 5.88. The second kappa shape index (κ2) is 7.57. The lowest BCUT2D eigenvalue weighted by atomic mass is 10.1. The maximum absolute atomic E-state index is 13.1. The van der Waals surface area contributed by atoms with Gasteiger partial charge in [-0.2, -0.15) is 0 Å². The van der Waals surface area contributed by atoms with E-state index in [9.17, 15) is 4.79 Å². The van der Waals surface area contributed by atoms with E-state index in [1.54, 1.807) is 7.11 Å². The predicted molar refractivity (Wildman–Crippen MR) is 129 cm³/mol. The maximum atomic E-state index is 13.1. The van der Waals surface area contributed by atoms with Gasteiger partial charge in [-0.3, -0.25) is 9.20 Å². The molecule has 0 fully saturated rings. The van der Waals surface area contributed by atoms with Crippen LogP contribution in [0.4, 0.5) is 11.5 Å². The Kier molecular flexibility index (Phi) is 4.70. The number of aromatic amines is 1. The molecule has 0 amide bonds. The Labute approximate surface area is 185 Å². The van der Waals surface area contributed by atoms with Crippen molar-refractivity contribution in [3.05, 3.63) is 87.8 Å². The second-order valence-corrected chi connectivity index (χ2v) is 8.10. The molecule has 0 aliphatic heterocycles. The molecule has 0 saturated carbocycles. The van der Waals surface area contributed by atoms with Crippen LogP contribution in [-0.4, -0.2) is 21.5 Å². The van der Waals surface area contributed by atoms with E-state index >= 15 is 0 Å². The third kappa shape index (κ3) is 3.30. The van der Waals surface area contributed by atoms with Crippen molar-refractivity contribution >= 4 is 28.1 Å². The van der Waals surface area contributed by atoms with Gasteiger partial charge in [-0.1, -0.05) is 23.8 Å². The Morgan fingerprint density at radius 3 is 2.62 bits per heavy atom. The van der Waals surface area contributed by atoms with Crippen molar-refractivity contribution in [2.75, 3.05) is 12.4 Å². The van der Waals surface area contributed by atoms with Crippen LogP contribution in [0.1, 0.15) is 16.7 Å². The number of nitrogens with zero attached hydrogens (tertiary/aromatic N) is 2. The fourth-order valence-corrected chi connectivity index (χ4v) is 4.08. The minimum Gasteiger partial charge on any atom is -0.497 e. The Hall–Kier alpha value is -4.06. The highest BCUT2D eigenvalue weighted by Gasteiger charge is 2.19. The first-order valence-corrected chi connectivity index (χ1v) is 10.5. The molecule has 5 rings (SSSR count). The molecule has 2 N–H and O–H groups in total. The van der Waals surface area contributed by atoms with Gasteiger partial charge in [0.25, 0.3) is 5.56 Å². The average Bonchev–Trinajstić information content (AvgIpc) is 3.14. The molecule has 0 saturated heterocycles. The summed E-state index contributed by atoms with van der Waals surface area (Å²) in [6.07, 6.45) is 1.96. The molecule has 6 heteroatoms. The summed E-state index contributed by atoms with van der Waals surface area (Å²) in [5.74, 6) is 1.48. The molecule has 0 unspecified atom stereocenters. The molecule has 3 heterocycles. The highest BCUT2D eigenvalue weighted by Crippen LogP contribution is 2.33.